The number of morpholine rings is 1. The lowest BCUT2D eigenvalue weighted by atomic mass is 10.1. The van der Waals surface area contributed by atoms with E-state index in [1.165, 1.54) is 0 Å². The predicted molar refractivity (Wildman–Crippen MR) is 156 cm³/mol. The Morgan fingerprint density at radius 2 is 1.79 bits per heavy atom. The first kappa shape index (κ1) is 28.8. The lowest BCUT2D eigenvalue weighted by Gasteiger charge is -2.37. The smallest absolute Gasteiger partial charge is 0.169 e. The highest BCUT2D eigenvalue weighted by molar-refractivity contribution is 7.80. The number of aryl methyl sites for hydroxylation is 1. The predicted octanol–water partition coefficient (Wildman–Crippen LogP) is 1.95. The van der Waals surface area contributed by atoms with Crippen molar-refractivity contribution in [2.45, 2.75) is 19.9 Å². The molecule has 2 fully saturated rings. The molecule has 11 nitrogen and oxygen atoms in total. The number of nitrogens with zero attached hydrogens (tertiary/aromatic N) is 5. The second-order valence-electron chi connectivity index (χ2n) is 9.59. The van der Waals surface area contributed by atoms with Crippen molar-refractivity contribution in [3.63, 3.8) is 0 Å². The summed E-state index contributed by atoms with van der Waals surface area (Å²) in [5, 5.41) is 16.2. The normalized spacial score (nSPS) is 16.1. The van der Waals surface area contributed by atoms with Gasteiger partial charge in [0.2, 0.25) is 0 Å². The van der Waals surface area contributed by atoms with Gasteiger partial charge < -0.3 is 34.6 Å². The largest absolute Gasteiger partial charge is 0.493 e. The van der Waals surface area contributed by atoms with Gasteiger partial charge >= 0.3 is 0 Å². The highest BCUT2D eigenvalue weighted by Crippen LogP contribution is 2.34. The van der Waals surface area contributed by atoms with Crippen LogP contribution in [0.5, 0.6) is 11.5 Å². The van der Waals surface area contributed by atoms with Gasteiger partial charge in [-0.15, -0.1) is 0 Å². The minimum absolute atomic E-state index is 0.449. The zero-order chi connectivity index (χ0) is 27.6. The summed E-state index contributed by atoms with van der Waals surface area (Å²) in [6, 6.07) is 3.83. The summed E-state index contributed by atoms with van der Waals surface area (Å²) < 4.78 is 17.2. The highest BCUT2D eigenvalue weighted by atomic mass is 32.1. The van der Waals surface area contributed by atoms with Crippen LogP contribution in [0, 0.1) is 12.3 Å². The minimum Gasteiger partial charge on any atom is -0.493 e. The summed E-state index contributed by atoms with van der Waals surface area (Å²) in [6.45, 7) is 10.4. The van der Waals surface area contributed by atoms with Gasteiger partial charge in [0.25, 0.3) is 0 Å². The first-order valence-electron chi connectivity index (χ1n) is 13.5. The zero-order valence-electron chi connectivity index (χ0n) is 23.2. The number of hydrogen-bond donors (Lipinski definition) is 3. The topological polar surface area (TPSA) is 111 Å². The van der Waals surface area contributed by atoms with Crippen molar-refractivity contribution in [3.05, 3.63) is 41.5 Å². The molecule has 0 atom stereocenters. The highest BCUT2D eigenvalue weighted by Gasteiger charge is 2.24. The van der Waals surface area contributed by atoms with E-state index in [2.05, 4.69) is 35.3 Å². The van der Waals surface area contributed by atoms with Crippen LogP contribution in [-0.4, -0.2) is 115 Å². The van der Waals surface area contributed by atoms with Crippen molar-refractivity contribution < 1.29 is 14.2 Å². The van der Waals surface area contributed by atoms with Gasteiger partial charge in [-0.25, -0.2) is 0 Å². The molecule has 4 rings (SSSR count). The Kier molecular flexibility index (Phi) is 10.5. The Labute approximate surface area is 236 Å². The standard InChI is InChI=1S/C27H40N8O3S/c1-20-17-31-21(18-30-20)19-32-27(39)35-8-6-34(7-9-35)26(28)22-15-24(36-3)25(16-23(22)29-2)38-12-4-5-33-10-13-37-14-11-33/h15-18,28-29H,4-14,19H2,1-3H3,(H,32,39). The molecule has 2 aliphatic rings. The maximum atomic E-state index is 8.97. The van der Waals surface area contributed by atoms with E-state index in [4.69, 9.17) is 31.8 Å². The second-order valence-corrected chi connectivity index (χ2v) is 9.97. The van der Waals surface area contributed by atoms with E-state index in [1.807, 2.05) is 26.1 Å². The first-order chi connectivity index (χ1) is 19.0. The summed E-state index contributed by atoms with van der Waals surface area (Å²) in [6.07, 6.45) is 4.44. The number of benzene rings is 1. The molecule has 212 valence electrons. The van der Waals surface area contributed by atoms with Crippen molar-refractivity contribution in [1.29, 1.82) is 5.41 Å². The lowest BCUT2D eigenvalue weighted by Crippen LogP contribution is -2.53. The molecule has 39 heavy (non-hydrogen) atoms. The molecule has 1 aromatic carbocycles. The van der Waals surface area contributed by atoms with E-state index >= 15 is 0 Å². The molecular formula is C27H40N8O3S. The van der Waals surface area contributed by atoms with Crippen LogP contribution in [0.2, 0.25) is 0 Å². The fraction of sp³-hybridized carbons (Fsp3) is 0.556. The van der Waals surface area contributed by atoms with Crippen LogP contribution in [0.4, 0.5) is 5.69 Å². The Hall–Kier alpha value is -3.22. The molecule has 0 unspecified atom stereocenters. The Bertz CT molecular complexity index is 1100. The molecule has 0 saturated carbocycles. The van der Waals surface area contributed by atoms with Crippen LogP contribution in [-0.2, 0) is 11.3 Å². The average Bonchev–Trinajstić information content (AvgIpc) is 2.98. The monoisotopic (exact) mass is 556 g/mol. The number of ether oxygens (including phenoxy) is 3. The quantitative estimate of drug-likeness (QED) is 0.173. The number of hydrogen-bond acceptors (Lipinski definition) is 9. The Morgan fingerprint density at radius 3 is 2.46 bits per heavy atom. The van der Waals surface area contributed by atoms with Crippen LogP contribution in [0.25, 0.3) is 0 Å². The first-order valence-corrected chi connectivity index (χ1v) is 13.9. The number of anilines is 1. The summed E-state index contributed by atoms with van der Waals surface area (Å²) >= 11 is 5.61. The van der Waals surface area contributed by atoms with Crippen molar-refractivity contribution in [2.24, 2.45) is 0 Å². The summed E-state index contributed by atoms with van der Waals surface area (Å²) in [5.74, 6) is 1.76. The third kappa shape index (κ3) is 7.90. The molecule has 0 spiro atoms. The molecule has 3 heterocycles. The number of amidine groups is 1. The van der Waals surface area contributed by atoms with Crippen LogP contribution in [0.1, 0.15) is 23.4 Å². The molecule has 12 heteroatoms. The molecule has 0 radical (unpaired) electrons. The van der Waals surface area contributed by atoms with Gasteiger partial charge in [0.15, 0.2) is 16.6 Å². The van der Waals surface area contributed by atoms with E-state index in [9.17, 15) is 0 Å². The van der Waals surface area contributed by atoms with E-state index in [0.29, 0.717) is 48.7 Å². The van der Waals surface area contributed by atoms with E-state index in [-0.39, 0.29) is 0 Å². The number of aromatic nitrogens is 2. The van der Waals surface area contributed by atoms with E-state index in [0.717, 1.165) is 75.0 Å². The van der Waals surface area contributed by atoms with Crippen LogP contribution < -0.4 is 20.1 Å². The molecule has 1 aromatic heterocycles. The molecule has 2 saturated heterocycles. The van der Waals surface area contributed by atoms with Crippen LogP contribution in [0.15, 0.2) is 24.5 Å². The summed E-state index contributed by atoms with van der Waals surface area (Å²) in [7, 11) is 3.50. The number of piperazine rings is 1. The fourth-order valence-corrected chi connectivity index (χ4v) is 4.88. The second kappa shape index (κ2) is 14.2. The molecule has 2 aliphatic heterocycles. The lowest BCUT2D eigenvalue weighted by molar-refractivity contribution is 0.0357. The van der Waals surface area contributed by atoms with Gasteiger partial charge in [0.05, 0.1) is 51.1 Å². The molecule has 3 N–H and O–H groups in total. The van der Waals surface area contributed by atoms with Crippen molar-refractivity contribution >= 4 is 28.9 Å². The number of thiocarbonyl (C=S) groups is 1. The maximum absolute atomic E-state index is 8.97. The molecule has 0 amide bonds. The molecular weight excluding hydrogens is 516 g/mol. The third-order valence-corrected chi connectivity index (χ3v) is 7.35. The van der Waals surface area contributed by atoms with Gasteiger partial charge in [-0.05, 0) is 31.6 Å². The Morgan fingerprint density at radius 1 is 1.05 bits per heavy atom. The van der Waals surface area contributed by atoms with E-state index in [1.54, 1.807) is 19.5 Å². The van der Waals surface area contributed by atoms with Crippen molar-refractivity contribution in [2.75, 3.05) is 85.1 Å². The van der Waals surface area contributed by atoms with E-state index < -0.39 is 0 Å². The van der Waals surface area contributed by atoms with Gasteiger partial charge in [0.1, 0.15) is 5.84 Å². The minimum atomic E-state index is 0.449. The van der Waals surface area contributed by atoms with Crippen molar-refractivity contribution in [3.8, 4) is 11.5 Å². The average molecular weight is 557 g/mol. The number of rotatable bonds is 10. The number of nitrogens with one attached hydrogen (secondary N) is 3. The van der Waals surface area contributed by atoms with Gasteiger partial charge in [-0.3, -0.25) is 20.3 Å². The SMILES string of the molecule is CNc1cc(OCCCN2CCOCC2)c(OC)cc1C(=N)N1CCN(C(=S)NCc2cnc(C)cn2)CC1. The number of methoxy groups -OCH3 is 1. The van der Waals surface area contributed by atoms with Crippen LogP contribution >= 0.6 is 12.2 Å². The van der Waals surface area contributed by atoms with Gasteiger partial charge in [-0.1, -0.05) is 0 Å². The van der Waals surface area contributed by atoms with Gasteiger partial charge in [0, 0.05) is 76.4 Å². The molecule has 0 aliphatic carbocycles. The summed E-state index contributed by atoms with van der Waals surface area (Å²) in [4.78, 5) is 15.3. The molecule has 2 aromatic rings. The maximum Gasteiger partial charge on any atom is 0.169 e. The fourth-order valence-electron chi connectivity index (χ4n) is 4.62. The van der Waals surface area contributed by atoms with Crippen LogP contribution in [0.3, 0.4) is 0 Å². The third-order valence-electron chi connectivity index (χ3n) is 6.95. The Balaban J connectivity index is 1.29. The summed E-state index contributed by atoms with van der Waals surface area (Å²) in [5.41, 5.74) is 3.35. The zero-order valence-corrected chi connectivity index (χ0v) is 24.0. The van der Waals surface area contributed by atoms with Crippen molar-refractivity contribution in [1.82, 2.24) is 30.0 Å². The van der Waals surface area contributed by atoms with Gasteiger partial charge in [-0.2, -0.15) is 0 Å². The molecule has 0 bridgehead atoms.